The summed E-state index contributed by atoms with van der Waals surface area (Å²) in [5.41, 5.74) is -0.0715. The van der Waals surface area contributed by atoms with E-state index in [1.165, 1.54) is 18.2 Å². The van der Waals surface area contributed by atoms with Crippen molar-refractivity contribution in [3.05, 3.63) is 35.1 Å². The molecule has 0 bridgehead atoms. The van der Waals surface area contributed by atoms with Gasteiger partial charge in [0.05, 0.1) is 25.4 Å². The number of aromatic carboxylic acids is 1. The van der Waals surface area contributed by atoms with Crippen molar-refractivity contribution in [1.29, 1.82) is 0 Å². The van der Waals surface area contributed by atoms with Crippen molar-refractivity contribution in [2.45, 2.75) is 12.7 Å². The van der Waals surface area contributed by atoms with Crippen molar-refractivity contribution in [2.24, 2.45) is 0 Å². The molecule has 0 unspecified atom stereocenters. The average Bonchev–Trinajstić information content (AvgIpc) is 2.17. The van der Waals surface area contributed by atoms with Crippen LogP contribution in [0.4, 0.5) is 4.39 Å². The van der Waals surface area contributed by atoms with Crippen molar-refractivity contribution in [1.82, 2.24) is 0 Å². The first-order valence-corrected chi connectivity index (χ1v) is 4.88. The molecule has 0 aliphatic carbocycles. The largest absolute Gasteiger partial charge is 0.478 e. The highest BCUT2D eigenvalue weighted by Crippen LogP contribution is 2.16. The Labute approximate surface area is 91.6 Å². The predicted molar refractivity (Wildman–Crippen MR) is 52.8 cm³/mol. The minimum absolute atomic E-state index is 0.00659. The fourth-order valence-electron chi connectivity index (χ4n) is 1.37. The summed E-state index contributed by atoms with van der Waals surface area (Å²) in [6.07, 6.45) is -0.00659. The Morgan fingerprint density at radius 1 is 1.56 bits per heavy atom. The van der Waals surface area contributed by atoms with Crippen molar-refractivity contribution in [3.63, 3.8) is 0 Å². The zero-order chi connectivity index (χ0) is 11.5. The molecule has 1 heterocycles. The van der Waals surface area contributed by atoms with Gasteiger partial charge in [0.25, 0.3) is 0 Å². The second-order valence-corrected chi connectivity index (χ2v) is 3.55. The maximum absolute atomic E-state index is 13.6. The van der Waals surface area contributed by atoms with Crippen molar-refractivity contribution >= 4 is 5.97 Å². The highest BCUT2D eigenvalue weighted by Gasteiger charge is 2.20. The average molecular weight is 226 g/mol. The summed E-state index contributed by atoms with van der Waals surface area (Å²) in [5.74, 6) is -2.00. The fraction of sp³-hybridized carbons (Fsp3) is 0.364. The summed E-state index contributed by atoms with van der Waals surface area (Å²) >= 11 is 0. The molecule has 86 valence electrons. The van der Waals surface area contributed by atoms with Crippen molar-refractivity contribution < 1.29 is 23.8 Å². The molecule has 1 fully saturated rings. The predicted octanol–water partition coefficient (Wildman–Crippen LogP) is 1.44. The Hall–Kier alpha value is -1.46. The highest BCUT2D eigenvalue weighted by molar-refractivity contribution is 5.88. The smallest absolute Gasteiger partial charge is 0.338 e. The van der Waals surface area contributed by atoms with E-state index in [4.69, 9.17) is 14.6 Å². The Morgan fingerprint density at radius 2 is 2.31 bits per heavy atom. The van der Waals surface area contributed by atoms with Gasteiger partial charge in [-0.2, -0.15) is 0 Å². The van der Waals surface area contributed by atoms with Gasteiger partial charge in [0.15, 0.2) is 0 Å². The lowest BCUT2D eigenvalue weighted by Crippen LogP contribution is -2.35. The minimum Gasteiger partial charge on any atom is -0.478 e. The number of benzene rings is 1. The SMILES string of the molecule is O=C(O)c1cccc(COC2COC2)c1F. The molecule has 0 spiro atoms. The van der Waals surface area contributed by atoms with Gasteiger partial charge in [-0.1, -0.05) is 12.1 Å². The van der Waals surface area contributed by atoms with Crippen LogP contribution in [0.5, 0.6) is 0 Å². The molecule has 1 N–H and O–H groups in total. The molecule has 4 nitrogen and oxygen atoms in total. The third-order valence-corrected chi connectivity index (χ3v) is 2.39. The topological polar surface area (TPSA) is 55.8 Å². The molecule has 16 heavy (non-hydrogen) atoms. The third kappa shape index (κ3) is 2.20. The standard InChI is InChI=1S/C11H11FO4/c12-10-7(4-16-8-5-15-6-8)2-1-3-9(10)11(13)14/h1-3,8H,4-6H2,(H,13,14). The van der Waals surface area contributed by atoms with Gasteiger partial charge in [0, 0.05) is 5.56 Å². The van der Waals surface area contributed by atoms with Gasteiger partial charge >= 0.3 is 5.97 Å². The number of carboxylic acid groups (broad SMARTS) is 1. The number of hydrogen-bond acceptors (Lipinski definition) is 3. The summed E-state index contributed by atoms with van der Waals surface area (Å²) in [6, 6.07) is 4.25. The summed E-state index contributed by atoms with van der Waals surface area (Å²) in [4.78, 5) is 10.7. The van der Waals surface area contributed by atoms with E-state index in [1.54, 1.807) is 0 Å². The van der Waals surface area contributed by atoms with Gasteiger partial charge in [0.2, 0.25) is 0 Å². The van der Waals surface area contributed by atoms with Crippen LogP contribution in [0.2, 0.25) is 0 Å². The van der Waals surface area contributed by atoms with E-state index in [0.29, 0.717) is 13.2 Å². The van der Waals surface area contributed by atoms with Gasteiger partial charge in [-0.3, -0.25) is 0 Å². The maximum atomic E-state index is 13.6. The first-order valence-electron chi connectivity index (χ1n) is 4.88. The van der Waals surface area contributed by atoms with E-state index < -0.39 is 11.8 Å². The van der Waals surface area contributed by atoms with Crippen LogP contribution in [-0.2, 0) is 16.1 Å². The molecule has 1 saturated heterocycles. The van der Waals surface area contributed by atoms with E-state index in [0.717, 1.165) is 0 Å². The molecule has 1 aliphatic rings. The zero-order valence-corrected chi connectivity index (χ0v) is 8.48. The Kier molecular flexibility index (Phi) is 3.17. The quantitative estimate of drug-likeness (QED) is 0.844. The molecule has 0 amide bonds. The number of hydrogen-bond donors (Lipinski definition) is 1. The number of carboxylic acids is 1. The maximum Gasteiger partial charge on any atom is 0.338 e. The number of carbonyl (C=O) groups is 1. The summed E-state index contributed by atoms with van der Waals surface area (Å²) in [7, 11) is 0. The Bertz CT molecular complexity index is 401. The molecule has 0 radical (unpaired) electrons. The molecule has 0 aromatic heterocycles. The fourth-order valence-corrected chi connectivity index (χ4v) is 1.37. The first kappa shape index (κ1) is 11.0. The van der Waals surface area contributed by atoms with Gasteiger partial charge in [-0.05, 0) is 6.07 Å². The Balaban J connectivity index is 2.07. The second-order valence-electron chi connectivity index (χ2n) is 3.55. The van der Waals surface area contributed by atoms with Gasteiger partial charge < -0.3 is 14.6 Å². The van der Waals surface area contributed by atoms with Gasteiger partial charge in [-0.25, -0.2) is 9.18 Å². The second kappa shape index (κ2) is 4.59. The summed E-state index contributed by atoms with van der Waals surface area (Å²) in [6.45, 7) is 1.10. The molecule has 1 aliphatic heterocycles. The summed E-state index contributed by atoms with van der Waals surface area (Å²) < 4.78 is 23.8. The first-order chi connectivity index (χ1) is 7.68. The zero-order valence-electron chi connectivity index (χ0n) is 8.48. The minimum atomic E-state index is -1.27. The van der Waals surface area contributed by atoms with Crippen LogP contribution in [-0.4, -0.2) is 30.4 Å². The van der Waals surface area contributed by atoms with E-state index in [9.17, 15) is 9.18 Å². The number of halogens is 1. The molecule has 0 saturated carbocycles. The van der Waals surface area contributed by atoms with E-state index >= 15 is 0 Å². The van der Waals surface area contributed by atoms with Gasteiger partial charge in [0.1, 0.15) is 11.9 Å². The van der Waals surface area contributed by atoms with Crippen LogP contribution in [0, 0.1) is 5.82 Å². The lowest BCUT2D eigenvalue weighted by atomic mass is 10.1. The highest BCUT2D eigenvalue weighted by atomic mass is 19.1. The Morgan fingerprint density at radius 3 is 2.88 bits per heavy atom. The van der Waals surface area contributed by atoms with E-state index in [-0.39, 0.29) is 23.8 Å². The van der Waals surface area contributed by atoms with Crippen LogP contribution in [0.3, 0.4) is 0 Å². The molecular formula is C11H11FO4. The van der Waals surface area contributed by atoms with Crippen LogP contribution < -0.4 is 0 Å². The third-order valence-electron chi connectivity index (χ3n) is 2.39. The number of rotatable bonds is 4. The van der Waals surface area contributed by atoms with Gasteiger partial charge in [-0.15, -0.1) is 0 Å². The van der Waals surface area contributed by atoms with Crippen molar-refractivity contribution in [2.75, 3.05) is 13.2 Å². The summed E-state index contributed by atoms with van der Waals surface area (Å²) in [5, 5.41) is 8.72. The molecule has 2 rings (SSSR count). The van der Waals surface area contributed by atoms with E-state index in [1.807, 2.05) is 0 Å². The van der Waals surface area contributed by atoms with Crippen molar-refractivity contribution in [3.8, 4) is 0 Å². The molecule has 5 heteroatoms. The molecule has 1 aromatic carbocycles. The van der Waals surface area contributed by atoms with Crippen LogP contribution in [0.1, 0.15) is 15.9 Å². The van der Waals surface area contributed by atoms with Crippen LogP contribution in [0.25, 0.3) is 0 Å². The molecule has 1 aromatic rings. The molecule has 0 atom stereocenters. The molecular weight excluding hydrogens is 215 g/mol. The van der Waals surface area contributed by atoms with E-state index in [2.05, 4.69) is 0 Å². The lowest BCUT2D eigenvalue weighted by molar-refractivity contribution is -0.135. The van der Waals surface area contributed by atoms with Crippen LogP contribution >= 0.6 is 0 Å². The normalized spacial score (nSPS) is 15.8. The van der Waals surface area contributed by atoms with Crippen LogP contribution in [0.15, 0.2) is 18.2 Å². The number of ether oxygens (including phenoxy) is 2. The lowest BCUT2D eigenvalue weighted by Gasteiger charge is -2.26. The monoisotopic (exact) mass is 226 g/mol.